The molecule has 0 aliphatic carbocycles. The van der Waals surface area contributed by atoms with Gasteiger partial charge in [-0.3, -0.25) is 15.3 Å². The molecule has 0 aromatic rings. The van der Waals surface area contributed by atoms with Crippen LogP contribution in [0.25, 0.3) is 0 Å². The predicted molar refractivity (Wildman–Crippen MR) is 69.3 cm³/mol. The average molecular weight is 232 g/mol. The zero-order chi connectivity index (χ0) is 11.5. The molecule has 3 aliphatic heterocycles. The topological polar surface area (TPSA) is 73.5 Å². The van der Waals surface area contributed by atoms with Crippen LogP contribution < -0.4 is 10.6 Å². The predicted octanol–water partition coefficient (Wildman–Crippen LogP) is -0.0341. The molecule has 3 aliphatic rings. The Balaban J connectivity index is 1.56. The summed E-state index contributed by atoms with van der Waals surface area (Å²) in [6, 6.07) is 0.405. The highest BCUT2D eigenvalue weighted by molar-refractivity contribution is 6.03. The molecule has 0 fully saturated rings. The van der Waals surface area contributed by atoms with E-state index in [-0.39, 0.29) is 12.2 Å². The van der Waals surface area contributed by atoms with Gasteiger partial charge in [-0.15, -0.1) is 0 Å². The van der Waals surface area contributed by atoms with Gasteiger partial charge in [0.2, 0.25) is 0 Å². The van der Waals surface area contributed by atoms with Gasteiger partial charge in [0.1, 0.15) is 18.5 Å². The van der Waals surface area contributed by atoms with Gasteiger partial charge in [0.15, 0.2) is 5.84 Å². The molecule has 0 spiro atoms. The molecule has 3 atom stereocenters. The van der Waals surface area contributed by atoms with Gasteiger partial charge in [-0.25, -0.2) is 9.98 Å². The lowest BCUT2D eigenvalue weighted by Gasteiger charge is -2.27. The molecular weight excluding hydrogens is 216 g/mol. The number of amidine groups is 1. The third kappa shape index (κ3) is 2.26. The van der Waals surface area contributed by atoms with E-state index < -0.39 is 0 Å². The van der Waals surface area contributed by atoms with Crippen LogP contribution in [0.2, 0.25) is 0 Å². The van der Waals surface area contributed by atoms with Crippen LogP contribution in [0.1, 0.15) is 19.3 Å². The van der Waals surface area contributed by atoms with E-state index >= 15 is 0 Å². The molecule has 0 saturated heterocycles. The summed E-state index contributed by atoms with van der Waals surface area (Å²) in [5.41, 5.74) is 0. The largest absolute Gasteiger partial charge is 0.358 e. The van der Waals surface area contributed by atoms with Gasteiger partial charge in [0, 0.05) is 6.54 Å². The molecule has 3 rings (SSSR count). The SMILES string of the molecule is C1=NC2=NC=NC2C(NCC2CCCC=N2)N1. The number of aliphatic imine (C=N–C) groups is 4. The van der Waals surface area contributed by atoms with Gasteiger partial charge < -0.3 is 5.32 Å². The third-order valence-corrected chi connectivity index (χ3v) is 3.21. The van der Waals surface area contributed by atoms with Crippen LogP contribution in [-0.4, -0.2) is 49.5 Å². The zero-order valence-corrected chi connectivity index (χ0v) is 9.58. The van der Waals surface area contributed by atoms with E-state index in [0.29, 0.717) is 6.04 Å². The molecule has 6 heteroatoms. The third-order valence-electron chi connectivity index (χ3n) is 3.21. The summed E-state index contributed by atoms with van der Waals surface area (Å²) in [5, 5.41) is 6.63. The number of fused-ring (bicyclic) bond motifs is 1. The lowest BCUT2D eigenvalue weighted by molar-refractivity contribution is 0.423. The van der Waals surface area contributed by atoms with Crippen molar-refractivity contribution in [2.24, 2.45) is 20.0 Å². The first-order chi connectivity index (χ1) is 8.43. The lowest BCUT2D eigenvalue weighted by Crippen LogP contribution is -2.55. The summed E-state index contributed by atoms with van der Waals surface area (Å²) in [5.74, 6) is 0.786. The summed E-state index contributed by atoms with van der Waals surface area (Å²) in [6.45, 7) is 0.876. The van der Waals surface area contributed by atoms with Gasteiger partial charge >= 0.3 is 0 Å². The molecule has 3 unspecified atom stereocenters. The maximum Gasteiger partial charge on any atom is 0.159 e. The Kier molecular flexibility index (Phi) is 2.96. The summed E-state index contributed by atoms with van der Waals surface area (Å²) in [7, 11) is 0. The van der Waals surface area contributed by atoms with Crippen molar-refractivity contribution in [2.75, 3.05) is 6.54 Å². The van der Waals surface area contributed by atoms with E-state index in [2.05, 4.69) is 30.6 Å². The molecular formula is C11H16N6. The zero-order valence-electron chi connectivity index (χ0n) is 9.58. The fourth-order valence-electron chi connectivity index (χ4n) is 2.26. The van der Waals surface area contributed by atoms with Crippen LogP contribution in [0.5, 0.6) is 0 Å². The van der Waals surface area contributed by atoms with E-state index in [4.69, 9.17) is 0 Å². The van der Waals surface area contributed by atoms with Crippen LogP contribution in [0.15, 0.2) is 20.0 Å². The average Bonchev–Trinajstić information content (AvgIpc) is 2.86. The Labute approximate surface area is 100 Å². The van der Waals surface area contributed by atoms with Gasteiger partial charge in [-0.05, 0) is 25.5 Å². The minimum Gasteiger partial charge on any atom is -0.358 e. The van der Waals surface area contributed by atoms with Crippen molar-refractivity contribution in [1.29, 1.82) is 0 Å². The minimum atomic E-state index is 0.00701. The highest BCUT2D eigenvalue weighted by Gasteiger charge is 2.30. The van der Waals surface area contributed by atoms with Crippen LogP contribution in [0, 0.1) is 0 Å². The Morgan fingerprint density at radius 2 is 2.41 bits per heavy atom. The minimum absolute atomic E-state index is 0.00701. The van der Waals surface area contributed by atoms with Crippen LogP contribution >= 0.6 is 0 Å². The van der Waals surface area contributed by atoms with E-state index in [1.54, 1.807) is 12.7 Å². The molecule has 3 heterocycles. The summed E-state index contributed by atoms with van der Waals surface area (Å²) in [4.78, 5) is 17.1. The first kappa shape index (κ1) is 10.6. The lowest BCUT2D eigenvalue weighted by atomic mass is 10.1. The second-order valence-corrected chi connectivity index (χ2v) is 4.42. The number of nitrogens with zero attached hydrogens (tertiary/aromatic N) is 4. The molecule has 6 nitrogen and oxygen atoms in total. The molecule has 0 amide bonds. The van der Waals surface area contributed by atoms with Crippen molar-refractivity contribution in [1.82, 2.24) is 10.6 Å². The Hall–Kier alpha value is -1.56. The molecule has 0 aromatic carbocycles. The van der Waals surface area contributed by atoms with Gasteiger partial charge in [0.25, 0.3) is 0 Å². The Bertz CT molecular complexity index is 397. The van der Waals surface area contributed by atoms with E-state index in [0.717, 1.165) is 18.8 Å². The van der Waals surface area contributed by atoms with E-state index in [9.17, 15) is 0 Å². The van der Waals surface area contributed by atoms with Gasteiger partial charge in [0.05, 0.1) is 12.4 Å². The number of nitrogens with one attached hydrogen (secondary N) is 2. The Morgan fingerprint density at radius 3 is 3.29 bits per heavy atom. The Morgan fingerprint density at radius 1 is 1.41 bits per heavy atom. The van der Waals surface area contributed by atoms with Crippen molar-refractivity contribution >= 4 is 24.7 Å². The fourth-order valence-corrected chi connectivity index (χ4v) is 2.26. The first-order valence-corrected chi connectivity index (χ1v) is 6.06. The van der Waals surface area contributed by atoms with Crippen molar-refractivity contribution < 1.29 is 0 Å². The second-order valence-electron chi connectivity index (χ2n) is 4.42. The second kappa shape index (κ2) is 4.75. The van der Waals surface area contributed by atoms with Gasteiger partial charge in [-0.2, -0.15) is 0 Å². The van der Waals surface area contributed by atoms with Crippen LogP contribution in [0.3, 0.4) is 0 Å². The van der Waals surface area contributed by atoms with E-state index in [1.807, 2.05) is 6.21 Å². The molecule has 0 aromatic heterocycles. The van der Waals surface area contributed by atoms with Crippen LogP contribution in [-0.2, 0) is 0 Å². The smallest absolute Gasteiger partial charge is 0.159 e. The van der Waals surface area contributed by atoms with Crippen molar-refractivity contribution in [3.05, 3.63) is 0 Å². The molecule has 90 valence electrons. The number of hydrogen-bond donors (Lipinski definition) is 2. The molecule has 0 bridgehead atoms. The number of hydrogen-bond acceptors (Lipinski definition) is 6. The van der Waals surface area contributed by atoms with Crippen molar-refractivity contribution in [2.45, 2.75) is 37.5 Å². The monoisotopic (exact) mass is 232 g/mol. The molecule has 0 saturated carbocycles. The number of rotatable bonds is 3. The fraction of sp³-hybridized carbons (Fsp3) is 0.636. The summed E-state index contributed by atoms with van der Waals surface area (Å²) < 4.78 is 0. The first-order valence-electron chi connectivity index (χ1n) is 6.06. The summed E-state index contributed by atoms with van der Waals surface area (Å²) in [6.07, 6.45) is 8.91. The maximum atomic E-state index is 4.48. The van der Waals surface area contributed by atoms with Crippen LogP contribution in [0.4, 0.5) is 0 Å². The quantitative estimate of drug-likeness (QED) is 0.717. The maximum absolute atomic E-state index is 4.48. The molecule has 2 N–H and O–H groups in total. The van der Waals surface area contributed by atoms with Crippen molar-refractivity contribution in [3.8, 4) is 0 Å². The molecule has 17 heavy (non-hydrogen) atoms. The van der Waals surface area contributed by atoms with Crippen molar-refractivity contribution in [3.63, 3.8) is 0 Å². The van der Waals surface area contributed by atoms with E-state index in [1.165, 1.54) is 12.8 Å². The normalized spacial score (nSPS) is 34.4. The molecule has 0 radical (unpaired) electrons. The summed E-state index contributed by atoms with van der Waals surface area (Å²) >= 11 is 0. The standard InChI is InChI=1S/C11H16N6/c1-2-4-12-8(3-1)5-13-10-9-11(15-6-14-9)17-7-16-10/h4,6-10,13H,1-3,5H2,(H,14,15,16,17). The highest BCUT2D eigenvalue weighted by Crippen LogP contribution is 2.12. The van der Waals surface area contributed by atoms with Gasteiger partial charge in [-0.1, -0.05) is 0 Å². The highest BCUT2D eigenvalue weighted by atomic mass is 15.3.